The summed E-state index contributed by atoms with van der Waals surface area (Å²) in [6.07, 6.45) is -5.75. The van der Waals surface area contributed by atoms with Crippen molar-refractivity contribution in [3.05, 3.63) is 59.7 Å². The molecule has 26 heavy (non-hydrogen) atoms. The normalized spacial score (nSPS) is 13.3. The number of nitrogens with two attached hydrogens (primary N) is 1. The van der Waals surface area contributed by atoms with Crippen LogP contribution in [0.15, 0.2) is 48.5 Å². The van der Waals surface area contributed by atoms with E-state index in [1.165, 1.54) is 6.07 Å². The van der Waals surface area contributed by atoms with E-state index in [0.29, 0.717) is 0 Å². The van der Waals surface area contributed by atoms with Gasteiger partial charge >= 0.3 is 12.1 Å². The Hall–Kier alpha value is -2.35. The van der Waals surface area contributed by atoms with E-state index in [1.54, 1.807) is 6.92 Å². The second kappa shape index (κ2) is 7.90. The summed E-state index contributed by atoms with van der Waals surface area (Å²) in [5.74, 6) is -4.79. The third-order valence-corrected chi connectivity index (χ3v) is 3.63. The molecular weight excluding hydrogens is 357 g/mol. The van der Waals surface area contributed by atoms with Crippen LogP contribution in [0.25, 0.3) is 0 Å². The van der Waals surface area contributed by atoms with Crippen LogP contribution in [0.5, 0.6) is 11.5 Å². The van der Waals surface area contributed by atoms with Gasteiger partial charge in [-0.05, 0) is 30.2 Å². The van der Waals surface area contributed by atoms with Crippen molar-refractivity contribution in [1.82, 2.24) is 0 Å². The van der Waals surface area contributed by atoms with Crippen molar-refractivity contribution < 1.29 is 31.4 Å². The van der Waals surface area contributed by atoms with Crippen molar-refractivity contribution in [3.63, 3.8) is 0 Å². The van der Waals surface area contributed by atoms with E-state index >= 15 is 0 Å². The second-order valence-corrected chi connectivity index (χ2v) is 5.51. The van der Waals surface area contributed by atoms with E-state index in [2.05, 4.69) is 0 Å². The van der Waals surface area contributed by atoms with E-state index in [1.807, 2.05) is 30.3 Å². The first-order valence-corrected chi connectivity index (χ1v) is 7.80. The van der Waals surface area contributed by atoms with Crippen molar-refractivity contribution in [1.29, 1.82) is 0 Å². The molecule has 0 saturated heterocycles. The SMILES string of the molecule is CCOc1cc([C@@H](N)C(F)(F)C(F)(F)F)ccc1OCc1ccccc1. The highest BCUT2D eigenvalue weighted by atomic mass is 19.4. The Morgan fingerprint density at radius 1 is 0.923 bits per heavy atom. The minimum absolute atomic E-state index is 0.0503. The lowest BCUT2D eigenvalue weighted by Crippen LogP contribution is -2.45. The number of hydrogen-bond donors (Lipinski definition) is 1. The molecule has 0 aliphatic carbocycles. The van der Waals surface area contributed by atoms with Gasteiger partial charge in [0.15, 0.2) is 11.5 Å². The molecule has 2 N–H and O–H groups in total. The molecule has 3 nitrogen and oxygen atoms in total. The van der Waals surface area contributed by atoms with Crippen molar-refractivity contribution in [2.75, 3.05) is 6.61 Å². The fourth-order valence-electron chi connectivity index (χ4n) is 2.23. The predicted molar refractivity (Wildman–Crippen MR) is 86.3 cm³/mol. The second-order valence-electron chi connectivity index (χ2n) is 5.51. The topological polar surface area (TPSA) is 44.5 Å². The Balaban J connectivity index is 2.25. The van der Waals surface area contributed by atoms with Crippen LogP contribution in [-0.4, -0.2) is 18.7 Å². The first-order chi connectivity index (χ1) is 12.2. The monoisotopic (exact) mass is 375 g/mol. The highest BCUT2D eigenvalue weighted by Crippen LogP contribution is 2.44. The van der Waals surface area contributed by atoms with Crippen molar-refractivity contribution >= 4 is 0 Å². The lowest BCUT2D eigenvalue weighted by molar-refractivity contribution is -0.291. The van der Waals surface area contributed by atoms with Crippen LogP contribution in [0, 0.1) is 0 Å². The van der Waals surface area contributed by atoms with E-state index in [4.69, 9.17) is 15.2 Å². The van der Waals surface area contributed by atoms with Crippen molar-refractivity contribution in [3.8, 4) is 11.5 Å². The molecule has 2 rings (SSSR count). The van der Waals surface area contributed by atoms with Crippen LogP contribution in [-0.2, 0) is 6.61 Å². The predicted octanol–water partition coefficient (Wildman–Crippen LogP) is 4.86. The zero-order valence-electron chi connectivity index (χ0n) is 13.9. The number of benzene rings is 2. The molecule has 0 radical (unpaired) electrons. The quantitative estimate of drug-likeness (QED) is 0.703. The largest absolute Gasteiger partial charge is 0.490 e. The van der Waals surface area contributed by atoms with Crippen LogP contribution >= 0.6 is 0 Å². The van der Waals surface area contributed by atoms with Crippen LogP contribution in [0.4, 0.5) is 22.0 Å². The summed E-state index contributed by atoms with van der Waals surface area (Å²) in [6.45, 7) is 2.01. The third kappa shape index (κ3) is 4.43. The maximum absolute atomic E-state index is 13.5. The van der Waals surface area contributed by atoms with Crippen molar-refractivity contribution in [2.45, 2.75) is 31.7 Å². The fraction of sp³-hybridized carbons (Fsp3) is 0.333. The summed E-state index contributed by atoms with van der Waals surface area (Å²) in [5.41, 5.74) is 5.63. The minimum atomic E-state index is -5.75. The highest BCUT2D eigenvalue weighted by molar-refractivity contribution is 5.44. The molecule has 0 spiro atoms. The van der Waals surface area contributed by atoms with E-state index in [9.17, 15) is 22.0 Å². The van der Waals surface area contributed by atoms with Gasteiger partial charge in [-0.25, -0.2) is 0 Å². The Morgan fingerprint density at radius 3 is 2.15 bits per heavy atom. The molecule has 0 aliphatic rings. The molecule has 1 atom stereocenters. The van der Waals surface area contributed by atoms with Crippen LogP contribution in [0.1, 0.15) is 24.1 Å². The Morgan fingerprint density at radius 2 is 1.58 bits per heavy atom. The van der Waals surface area contributed by atoms with Crippen molar-refractivity contribution in [2.24, 2.45) is 5.73 Å². The summed E-state index contributed by atoms with van der Waals surface area (Å²) in [5, 5.41) is 0. The van der Waals surface area contributed by atoms with Gasteiger partial charge in [0.2, 0.25) is 0 Å². The summed E-state index contributed by atoms with van der Waals surface area (Å²) in [7, 11) is 0. The minimum Gasteiger partial charge on any atom is -0.490 e. The summed E-state index contributed by atoms with van der Waals surface area (Å²) in [4.78, 5) is 0. The average molecular weight is 375 g/mol. The standard InChI is InChI=1S/C18H18F5NO2/c1-2-25-15-10-13(16(24)17(19,20)18(21,22)23)8-9-14(15)26-11-12-6-4-3-5-7-12/h3-10,16H,2,11,24H2,1H3/t16-/m1/s1. The van der Waals surface area contributed by atoms with Gasteiger partial charge in [0.1, 0.15) is 12.6 Å². The maximum atomic E-state index is 13.5. The van der Waals surface area contributed by atoms with Crippen LogP contribution in [0.2, 0.25) is 0 Å². The molecule has 2 aromatic rings. The Bertz CT molecular complexity index is 719. The molecule has 0 amide bonds. The molecule has 2 aromatic carbocycles. The summed E-state index contributed by atoms with van der Waals surface area (Å²) in [6, 6.07) is 9.99. The first kappa shape index (κ1) is 20.0. The molecule has 0 aliphatic heterocycles. The molecule has 0 heterocycles. The van der Waals surface area contributed by atoms with Gasteiger partial charge < -0.3 is 15.2 Å². The fourth-order valence-corrected chi connectivity index (χ4v) is 2.23. The van der Waals surface area contributed by atoms with Crippen LogP contribution in [0.3, 0.4) is 0 Å². The smallest absolute Gasteiger partial charge is 0.455 e. The number of rotatable bonds is 7. The zero-order chi connectivity index (χ0) is 19.4. The van der Waals surface area contributed by atoms with Gasteiger partial charge in [0.05, 0.1) is 6.61 Å². The lowest BCUT2D eigenvalue weighted by atomic mass is 10.0. The number of ether oxygens (including phenoxy) is 2. The number of hydrogen-bond acceptors (Lipinski definition) is 3. The maximum Gasteiger partial charge on any atom is 0.455 e. The zero-order valence-corrected chi connectivity index (χ0v) is 13.9. The molecule has 8 heteroatoms. The van der Waals surface area contributed by atoms with Gasteiger partial charge in [-0.2, -0.15) is 22.0 Å². The molecule has 0 saturated carbocycles. The number of halogens is 5. The molecule has 0 fully saturated rings. The highest BCUT2D eigenvalue weighted by Gasteiger charge is 2.61. The third-order valence-electron chi connectivity index (χ3n) is 3.63. The van der Waals surface area contributed by atoms with Gasteiger partial charge in [0, 0.05) is 0 Å². The Kier molecular flexibility index (Phi) is 6.07. The van der Waals surface area contributed by atoms with Gasteiger partial charge in [-0.1, -0.05) is 36.4 Å². The summed E-state index contributed by atoms with van der Waals surface area (Å²) >= 11 is 0. The molecular formula is C18H18F5NO2. The van der Waals surface area contributed by atoms with Gasteiger partial charge in [-0.3, -0.25) is 0 Å². The lowest BCUT2D eigenvalue weighted by Gasteiger charge is -2.26. The molecule has 142 valence electrons. The summed E-state index contributed by atoms with van der Waals surface area (Å²) < 4.78 is 75.4. The average Bonchev–Trinajstić information content (AvgIpc) is 2.60. The van der Waals surface area contributed by atoms with E-state index < -0.39 is 23.7 Å². The molecule has 0 aromatic heterocycles. The van der Waals surface area contributed by atoms with Gasteiger partial charge in [-0.15, -0.1) is 0 Å². The molecule has 0 unspecified atom stereocenters. The van der Waals surface area contributed by atoms with Gasteiger partial charge in [0.25, 0.3) is 0 Å². The number of alkyl halides is 5. The van der Waals surface area contributed by atoms with E-state index in [0.717, 1.165) is 17.7 Å². The first-order valence-electron chi connectivity index (χ1n) is 7.80. The van der Waals surface area contributed by atoms with Crippen LogP contribution < -0.4 is 15.2 Å². The Labute approximate surface area is 147 Å². The molecule has 0 bridgehead atoms. The van der Waals surface area contributed by atoms with E-state index in [-0.39, 0.29) is 24.7 Å².